The zero-order valence-corrected chi connectivity index (χ0v) is 22.8. The average molecular weight is 531 g/mol. The van der Waals surface area contributed by atoms with Gasteiger partial charge in [0.25, 0.3) is 0 Å². The summed E-state index contributed by atoms with van der Waals surface area (Å²) in [5.74, 6) is -0.683. The lowest BCUT2D eigenvalue weighted by Gasteiger charge is -2.32. The van der Waals surface area contributed by atoms with Crippen molar-refractivity contribution in [3.8, 4) is 0 Å². The van der Waals surface area contributed by atoms with E-state index in [4.69, 9.17) is 0 Å². The highest BCUT2D eigenvalue weighted by Crippen LogP contribution is 2.39. The van der Waals surface area contributed by atoms with Crippen LogP contribution in [0.25, 0.3) is 0 Å². The zero-order chi connectivity index (χ0) is 27.1. The van der Waals surface area contributed by atoms with Gasteiger partial charge in [-0.25, -0.2) is 8.42 Å². The molecule has 1 aliphatic rings. The van der Waals surface area contributed by atoms with Crippen LogP contribution in [-0.2, 0) is 16.4 Å². The summed E-state index contributed by atoms with van der Waals surface area (Å²) >= 11 is 0. The van der Waals surface area contributed by atoms with E-state index in [1.807, 2.05) is 13.8 Å². The van der Waals surface area contributed by atoms with Crippen molar-refractivity contribution in [3.05, 3.63) is 36.3 Å². The number of sulfone groups is 1. The van der Waals surface area contributed by atoms with Crippen LogP contribution >= 0.6 is 0 Å². The lowest BCUT2D eigenvalue weighted by atomic mass is 9.81. The zero-order valence-electron chi connectivity index (χ0n) is 22.0. The highest BCUT2D eigenvalue weighted by Gasteiger charge is 2.41. The molecule has 0 aliphatic heterocycles. The normalized spacial score (nSPS) is 20.7. The summed E-state index contributed by atoms with van der Waals surface area (Å²) < 4.78 is 62.7. The fourth-order valence-electron chi connectivity index (χ4n) is 4.28. The molecule has 10 heteroatoms. The molecular weight excluding hydrogens is 489 g/mol. The Morgan fingerprint density at radius 3 is 2.36 bits per heavy atom. The molecule has 1 saturated carbocycles. The van der Waals surface area contributed by atoms with E-state index in [1.54, 1.807) is 25.3 Å². The maximum atomic E-state index is 12.9. The number of nitrogens with one attached hydrogen (secondary N) is 2. The second-order valence-corrected chi connectivity index (χ2v) is 12.9. The van der Waals surface area contributed by atoms with Gasteiger partial charge >= 0.3 is 6.18 Å². The summed E-state index contributed by atoms with van der Waals surface area (Å²) in [6.07, 6.45) is 0.643. The lowest BCUT2D eigenvalue weighted by Crippen LogP contribution is -2.42. The minimum atomic E-state index is -4.09. The molecule has 0 saturated heterocycles. The van der Waals surface area contributed by atoms with Crippen LogP contribution < -0.4 is 10.6 Å². The highest BCUT2D eigenvalue weighted by atomic mass is 32.2. The molecule has 1 heterocycles. The fraction of sp³-hybridized carbons (Fsp3) is 0.692. The van der Waals surface area contributed by atoms with E-state index in [0.29, 0.717) is 37.3 Å². The number of pyridine rings is 1. The van der Waals surface area contributed by atoms with Gasteiger partial charge in [-0.3, -0.25) is 9.98 Å². The number of aromatic nitrogens is 1. The van der Waals surface area contributed by atoms with E-state index in [1.165, 1.54) is 6.20 Å². The Morgan fingerprint density at radius 1 is 1.22 bits per heavy atom. The quantitative estimate of drug-likeness (QED) is 0.358. The van der Waals surface area contributed by atoms with Gasteiger partial charge in [0.1, 0.15) is 0 Å². The van der Waals surface area contributed by atoms with Crippen LogP contribution in [0.3, 0.4) is 0 Å². The topological polar surface area (TPSA) is 83.5 Å². The van der Waals surface area contributed by atoms with E-state index in [0.717, 1.165) is 0 Å². The second kappa shape index (κ2) is 12.6. The van der Waals surface area contributed by atoms with E-state index in [2.05, 4.69) is 41.0 Å². The minimum absolute atomic E-state index is 0.0328. The first-order chi connectivity index (χ1) is 16.6. The molecular formula is C26H41F3N4O2S. The van der Waals surface area contributed by atoms with Crippen molar-refractivity contribution in [2.24, 2.45) is 22.7 Å². The molecule has 204 valence electrons. The molecule has 1 aliphatic carbocycles. The van der Waals surface area contributed by atoms with Crippen molar-refractivity contribution in [3.63, 3.8) is 0 Å². The summed E-state index contributed by atoms with van der Waals surface area (Å²) in [6.45, 7) is 14.9. The van der Waals surface area contributed by atoms with Crippen molar-refractivity contribution in [2.45, 2.75) is 89.5 Å². The Kier molecular flexibility index (Phi) is 10.7. The Labute approximate surface area is 214 Å². The Morgan fingerprint density at radius 2 is 1.86 bits per heavy atom. The third-order valence-corrected chi connectivity index (χ3v) is 8.50. The van der Waals surface area contributed by atoms with Gasteiger partial charge in [0.05, 0.1) is 34.0 Å². The molecule has 2 N–H and O–H groups in total. The smallest absolute Gasteiger partial charge is 0.308 e. The molecule has 0 spiro atoms. The minimum Gasteiger partial charge on any atom is -0.308 e. The van der Waals surface area contributed by atoms with E-state index in [9.17, 15) is 21.6 Å². The van der Waals surface area contributed by atoms with E-state index in [-0.39, 0.29) is 41.4 Å². The maximum absolute atomic E-state index is 12.9. The van der Waals surface area contributed by atoms with Crippen LogP contribution in [0.2, 0.25) is 0 Å². The molecule has 0 amide bonds. The standard InChI is InChI=1S/C26H41F3N4O2S/c1-7-36(34,35)23-13-12-22(30-16-23)15-33-25(5,6)17-32-19(4)24(18(2)3)31-14-20-8-10-21(11-9-20)26(27,28)29/h12-13,16-18,20-21,24,31,33H,4,7-11,14-15H2,1-3,5-6H3/t20?,21?,24-/m0/s1. The van der Waals surface area contributed by atoms with Gasteiger partial charge in [-0.1, -0.05) is 27.4 Å². The van der Waals surface area contributed by atoms with E-state index < -0.39 is 27.5 Å². The first-order valence-corrected chi connectivity index (χ1v) is 14.3. The fourth-order valence-corrected chi connectivity index (χ4v) is 5.10. The van der Waals surface area contributed by atoms with Gasteiger partial charge in [0, 0.05) is 24.5 Å². The van der Waals surface area contributed by atoms with Crippen molar-refractivity contribution >= 4 is 16.1 Å². The van der Waals surface area contributed by atoms with Gasteiger partial charge in [-0.15, -0.1) is 0 Å². The first kappa shape index (κ1) is 30.4. The van der Waals surface area contributed by atoms with Crippen LogP contribution in [0.5, 0.6) is 0 Å². The molecule has 1 aromatic heterocycles. The van der Waals surface area contributed by atoms with Crippen molar-refractivity contribution < 1.29 is 21.6 Å². The van der Waals surface area contributed by atoms with Gasteiger partial charge in [-0.05, 0) is 70.0 Å². The van der Waals surface area contributed by atoms with Crippen LogP contribution in [-0.4, -0.2) is 49.7 Å². The molecule has 2 rings (SSSR count). The number of nitrogens with zero attached hydrogens (tertiary/aromatic N) is 2. The van der Waals surface area contributed by atoms with Crippen LogP contribution in [0, 0.1) is 17.8 Å². The molecule has 0 bridgehead atoms. The molecule has 0 unspecified atom stereocenters. The van der Waals surface area contributed by atoms with Gasteiger partial charge in [0.2, 0.25) is 0 Å². The van der Waals surface area contributed by atoms with Gasteiger partial charge < -0.3 is 10.6 Å². The number of hydrogen-bond acceptors (Lipinski definition) is 6. The molecule has 1 aromatic rings. The van der Waals surface area contributed by atoms with Crippen LogP contribution in [0.4, 0.5) is 13.2 Å². The third-order valence-electron chi connectivity index (χ3n) is 6.78. The van der Waals surface area contributed by atoms with E-state index >= 15 is 0 Å². The number of aliphatic imine (C=N–C) groups is 1. The maximum Gasteiger partial charge on any atom is 0.391 e. The van der Waals surface area contributed by atoms with Crippen LogP contribution in [0.15, 0.2) is 40.5 Å². The Balaban J connectivity index is 1.88. The predicted molar refractivity (Wildman–Crippen MR) is 139 cm³/mol. The monoisotopic (exact) mass is 530 g/mol. The summed E-state index contributed by atoms with van der Waals surface area (Å²) in [6, 6.07) is 3.19. The summed E-state index contributed by atoms with van der Waals surface area (Å²) in [5.41, 5.74) is 0.916. The number of hydrogen-bond donors (Lipinski definition) is 2. The average Bonchev–Trinajstić information content (AvgIpc) is 2.81. The van der Waals surface area contributed by atoms with Gasteiger partial charge in [-0.2, -0.15) is 13.2 Å². The third kappa shape index (κ3) is 9.27. The molecule has 1 fully saturated rings. The molecule has 0 radical (unpaired) electrons. The van der Waals surface area contributed by atoms with Crippen LogP contribution in [0.1, 0.15) is 66.0 Å². The number of alkyl halides is 3. The van der Waals surface area contributed by atoms with Crippen molar-refractivity contribution in [2.75, 3.05) is 12.3 Å². The second-order valence-electron chi connectivity index (χ2n) is 10.6. The van der Waals surface area contributed by atoms with Crippen molar-refractivity contribution in [1.82, 2.24) is 15.6 Å². The Hall–Kier alpha value is -1.78. The highest BCUT2D eigenvalue weighted by molar-refractivity contribution is 7.91. The Bertz CT molecular complexity index is 981. The summed E-state index contributed by atoms with van der Waals surface area (Å²) in [5, 5.41) is 6.84. The largest absolute Gasteiger partial charge is 0.391 e. The SMILES string of the molecule is C=C(N=CC(C)(C)NCc1ccc(S(=O)(=O)CC)cn1)[C@@H](NCC1CCC(C(F)(F)F)CC1)C(C)C. The number of rotatable bonds is 12. The number of halogens is 3. The van der Waals surface area contributed by atoms with Crippen molar-refractivity contribution in [1.29, 1.82) is 0 Å². The van der Waals surface area contributed by atoms with Gasteiger partial charge in [0.15, 0.2) is 9.84 Å². The molecule has 6 nitrogen and oxygen atoms in total. The predicted octanol–water partition coefficient (Wildman–Crippen LogP) is 5.31. The summed E-state index contributed by atoms with van der Waals surface area (Å²) in [4.78, 5) is 9.07. The lowest BCUT2D eigenvalue weighted by molar-refractivity contribution is -0.183. The first-order valence-electron chi connectivity index (χ1n) is 12.6. The molecule has 0 aromatic carbocycles. The molecule has 36 heavy (non-hydrogen) atoms. The summed E-state index contributed by atoms with van der Waals surface area (Å²) in [7, 11) is -3.28. The molecule has 1 atom stereocenters.